The normalized spacial score (nSPS) is 26.8. The maximum absolute atomic E-state index is 12.4. The van der Waals surface area contributed by atoms with E-state index in [0.717, 1.165) is 5.56 Å². The number of nitrogens with one attached hydrogen (secondary N) is 1. The molecule has 2 unspecified atom stereocenters. The molecule has 0 bridgehead atoms. The first-order chi connectivity index (χ1) is 9.58. The molecule has 4 heteroatoms. The molecule has 2 rings (SSSR count). The van der Waals surface area contributed by atoms with Gasteiger partial charge in [0, 0.05) is 18.2 Å². The minimum Gasteiger partial charge on any atom is -0.434 e. The average Bonchev–Trinajstić information content (AvgIpc) is 2.39. The van der Waals surface area contributed by atoms with E-state index in [1.54, 1.807) is 12.1 Å². The fraction of sp³-hybridized carbons (Fsp3) is 0.625. The van der Waals surface area contributed by atoms with Crippen molar-refractivity contribution in [3.63, 3.8) is 0 Å². The van der Waals surface area contributed by atoms with E-state index in [0.29, 0.717) is 24.4 Å². The van der Waals surface area contributed by atoms with Crippen LogP contribution in [-0.4, -0.2) is 12.7 Å². The highest BCUT2D eigenvalue weighted by molar-refractivity contribution is 5.33. The van der Waals surface area contributed by atoms with Crippen LogP contribution in [-0.2, 0) is 6.54 Å². The number of hydrogen-bond donors (Lipinski definition) is 1. The van der Waals surface area contributed by atoms with Crippen molar-refractivity contribution in [1.29, 1.82) is 0 Å². The summed E-state index contributed by atoms with van der Waals surface area (Å²) in [4.78, 5) is 0. The van der Waals surface area contributed by atoms with Crippen LogP contribution in [0.4, 0.5) is 8.78 Å². The standard InChI is InChI=1S/C16H23F2NO/c1-11-6-5-7-12(2)15(11)19-10-13-8-3-4-9-14(13)20-16(17)18/h3-4,8-9,11-12,15-16,19H,5-7,10H2,1-2H3. The molecule has 1 aliphatic carbocycles. The highest BCUT2D eigenvalue weighted by atomic mass is 19.3. The molecule has 20 heavy (non-hydrogen) atoms. The summed E-state index contributed by atoms with van der Waals surface area (Å²) >= 11 is 0. The number of ether oxygens (including phenoxy) is 1. The summed E-state index contributed by atoms with van der Waals surface area (Å²) in [7, 11) is 0. The smallest absolute Gasteiger partial charge is 0.387 e. The molecule has 0 aromatic heterocycles. The number of halogens is 2. The van der Waals surface area contributed by atoms with Crippen molar-refractivity contribution in [1.82, 2.24) is 5.32 Å². The second-order valence-electron chi connectivity index (χ2n) is 5.78. The molecule has 0 saturated heterocycles. The van der Waals surface area contributed by atoms with E-state index in [2.05, 4.69) is 23.9 Å². The van der Waals surface area contributed by atoms with E-state index in [9.17, 15) is 8.78 Å². The summed E-state index contributed by atoms with van der Waals surface area (Å²) in [5.74, 6) is 1.52. The van der Waals surface area contributed by atoms with Gasteiger partial charge < -0.3 is 10.1 Å². The van der Waals surface area contributed by atoms with Gasteiger partial charge in [-0.3, -0.25) is 0 Å². The van der Waals surface area contributed by atoms with Gasteiger partial charge in [-0.25, -0.2) is 0 Å². The van der Waals surface area contributed by atoms with E-state index in [1.165, 1.54) is 19.3 Å². The summed E-state index contributed by atoms with van der Waals surface area (Å²) in [6.45, 7) is 2.31. The highest BCUT2D eigenvalue weighted by Gasteiger charge is 2.27. The molecule has 0 spiro atoms. The Balaban J connectivity index is 1.99. The van der Waals surface area contributed by atoms with Crippen LogP contribution in [0.2, 0.25) is 0 Å². The molecule has 1 saturated carbocycles. The van der Waals surface area contributed by atoms with Crippen LogP contribution < -0.4 is 10.1 Å². The SMILES string of the molecule is CC1CCCC(C)C1NCc1ccccc1OC(F)F. The Morgan fingerprint density at radius 3 is 2.50 bits per heavy atom. The number of hydrogen-bond acceptors (Lipinski definition) is 2. The van der Waals surface area contributed by atoms with Crippen LogP contribution in [0.1, 0.15) is 38.7 Å². The van der Waals surface area contributed by atoms with Gasteiger partial charge in [-0.2, -0.15) is 8.78 Å². The number of para-hydroxylation sites is 1. The lowest BCUT2D eigenvalue weighted by molar-refractivity contribution is -0.0505. The van der Waals surface area contributed by atoms with Gasteiger partial charge in [-0.1, -0.05) is 38.5 Å². The third-order valence-corrected chi connectivity index (χ3v) is 4.26. The third-order valence-electron chi connectivity index (χ3n) is 4.26. The van der Waals surface area contributed by atoms with Crippen LogP contribution in [0.5, 0.6) is 5.75 Å². The van der Waals surface area contributed by atoms with Crippen molar-refractivity contribution in [2.45, 2.75) is 52.3 Å². The van der Waals surface area contributed by atoms with E-state index >= 15 is 0 Å². The second-order valence-corrected chi connectivity index (χ2v) is 5.78. The van der Waals surface area contributed by atoms with Crippen LogP contribution in [0.25, 0.3) is 0 Å². The van der Waals surface area contributed by atoms with Gasteiger partial charge in [0.2, 0.25) is 0 Å². The maximum atomic E-state index is 12.4. The lowest BCUT2D eigenvalue weighted by atomic mass is 9.78. The summed E-state index contributed by atoms with van der Waals surface area (Å²) in [6, 6.07) is 7.44. The second kappa shape index (κ2) is 7.02. The summed E-state index contributed by atoms with van der Waals surface area (Å²) < 4.78 is 29.3. The Kier molecular flexibility index (Phi) is 5.35. The van der Waals surface area contributed by atoms with Crippen molar-refractivity contribution < 1.29 is 13.5 Å². The van der Waals surface area contributed by atoms with Gasteiger partial charge in [0.25, 0.3) is 0 Å². The number of benzene rings is 1. The molecule has 112 valence electrons. The molecule has 0 heterocycles. The van der Waals surface area contributed by atoms with E-state index < -0.39 is 6.61 Å². The first kappa shape index (κ1) is 15.2. The monoisotopic (exact) mass is 283 g/mol. The largest absolute Gasteiger partial charge is 0.434 e. The molecule has 2 nitrogen and oxygen atoms in total. The van der Waals surface area contributed by atoms with Gasteiger partial charge in [0.15, 0.2) is 0 Å². The van der Waals surface area contributed by atoms with E-state index in [4.69, 9.17) is 0 Å². The van der Waals surface area contributed by atoms with Crippen molar-refractivity contribution in [2.75, 3.05) is 0 Å². The third kappa shape index (κ3) is 3.92. The summed E-state index contributed by atoms with van der Waals surface area (Å²) in [6.07, 6.45) is 3.75. The van der Waals surface area contributed by atoms with Crippen LogP contribution in [0.3, 0.4) is 0 Å². The molecule has 1 aromatic rings. The maximum Gasteiger partial charge on any atom is 0.387 e. The van der Waals surface area contributed by atoms with E-state index in [-0.39, 0.29) is 5.75 Å². The Morgan fingerprint density at radius 1 is 1.20 bits per heavy atom. The molecule has 1 aliphatic rings. The van der Waals surface area contributed by atoms with Gasteiger partial charge in [-0.15, -0.1) is 0 Å². The lowest BCUT2D eigenvalue weighted by Crippen LogP contribution is -2.42. The molecule has 0 radical (unpaired) electrons. The summed E-state index contributed by atoms with van der Waals surface area (Å²) in [5.41, 5.74) is 0.790. The first-order valence-corrected chi connectivity index (χ1v) is 7.34. The Morgan fingerprint density at radius 2 is 1.85 bits per heavy atom. The number of rotatable bonds is 5. The molecule has 0 amide bonds. The molecule has 0 aliphatic heterocycles. The molecular formula is C16H23F2NO. The molecule has 1 fully saturated rings. The zero-order valence-corrected chi connectivity index (χ0v) is 12.1. The zero-order chi connectivity index (χ0) is 14.5. The van der Waals surface area contributed by atoms with Crippen molar-refractivity contribution >= 4 is 0 Å². The van der Waals surface area contributed by atoms with Crippen molar-refractivity contribution in [3.05, 3.63) is 29.8 Å². The minimum absolute atomic E-state index is 0.270. The quantitative estimate of drug-likeness (QED) is 0.874. The topological polar surface area (TPSA) is 21.3 Å². The lowest BCUT2D eigenvalue weighted by Gasteiger charge is -2.35. The van der Waals surface area contributed by atoms with Gasteiger partial charge in [0.05, 0.1) is 0 Å². The van der Waals surface area contributed by atoms with Crippen LogP contribution in [0, 0.1) is 11.8 Å². The van der Waals surface area contributed by atoms with Gasteiger partial charge in [0.1, 0.15) is 5.75 Å². The Bertz CT molecular complexity index is 415. The molecular weight excluding hydrogens is 260 g/mol. The van der Waals surface area contributed by atoms with Crippen molar-refractivity contribution in [3.8, 4) is 5.75 Å². The fourth-order valence-electron chi connectivity index (χ4n) is 3.17. The average molecular weight is 283 g/mol. The zero-order valence-electron chi connectivity index (χ0n) is 12.1. The summed E-state index contributed by atoms with van der Waals surface area (Å²) in [5, 5.41) is 3.53. The molecule has 2 atom stereocenters. The van der Waals surface area contributed by atoms with Crippen LogP contribution >= 0.6 is 0 Å². The van der Waals surface area contributed by atoms with Gasteiger partial charge >= 0.3 is 6.61 Å². The predicted molar refractivity (Wildman–Crippen MR) is 75.9 cm³/mol. The predicted octanol–water partition coefficient (Wildman–Crippen LogP) is 4.20. The first-order valence-electron chi connectivity index (χ1n) is 7.34. The molecule has 1 N–H and O–H groups in total. The fourth-order valence-corrected chi connectivity index (χ4v) is 3.17. The highest BCUT2D eigenvalue weighted by Crippen LogP contribution is 2.29. The van der Waals surface area contributed by atoms with Gasteiger partial charge in [-0.05, 0) is 30.7 Å². The molecule has 1 aromatic carbocycles. The van der Waals surface area contributed by atoms with Crippen LogP contribution in [0.15, 0.2) is 24.3 Å². The van der Waals surface area contributed by atoms with E-state index in [1.807, 2.05) is 12.1 Å². The minimum atomic E-state index is -2.77. The van der Waals surface area contributed by atoms with Crippen molar-refractivity contribution in [2.24, 2.45) is 11.8 Å². The Hall–Kier alpha value is -1.16. The Labute approximate surface area is 119 Å². The number of alkyl halides is 2.